The summed E-state index contributed by atoms with van der Waals surface area (Å²) in [7, 11) is 0. The SMILES string of the molecule is N#CC(C#N)N1CCC(O)CC1. The van der Waals surface area contributed by atoms with Crippen LogP contribution in [0.5, 0.6) is 0 Å². The van der Waals surface area contributed by atoms with Gasteiger partial charge in [-0.2, -0.15) is 10.5 Å². The molecule has 1 fully saturated rings. The zero-order chi connectivity index (χ0) is 8.97. The predicted molar refractivity (Wildman–Crippen MR) is 41.8 cm³/mol. The van der Waals surface area contributed by atoms with Crippen molar-refractivity contribution in [2.24, 2.45) is 0 Å². The molecule has 1 aliphatic heterocycles. The molecule has 0 aromatic carbocycles. The molecule has 1 rings (SSSR count). The second kappa shape index (κ2) is 4.06. The molecule has 0 bridgehead atoms. The number of rotatable bonds is 1. The summed E-state index contributed by atoms with van der Waals surface area (Å²) >= 11 is 0. The molecular formula is C8H11N3O. The summed E-state index contributed by atoms with van der Waals surface area (Å²) in [5.74, 6) is 0. The van der Waals surface area contributed by atoms with Crippen LogP contribution in [-0.4, -0.2) is 35.2 Å². The van der Waals surface area contributed by atoms with E-state index < -0.39 is 6.04 Å². The monoisotopic (exact) mass is 165 g/mol. The number of hydrogen-bond donors (Lipinski definition) is 1. The summed E-state index contributed by atoms with van der Waals surface area (Å²) in [6.07, 6.45) is 1.08. The average Bonchev–Trinajstić information content (AvgIpc) is 2.10. The van der Waals surface area contributed by atoms with Crippen molar-refractivity contribution in [3.63, 3.8) is 0 Å². The highest BCUT2D eigenvalue weighted by atomic mass is 16.3. The van der Waals surface area contributed by atoms with Gasteiger partial charge in [-0.3, -0.25) is 4.90 Å². The fourth-order valence-electron chi connectivity index (χ4n) is 1.34. The fourth-order valence-corrected chi connectivity index (χ4v) is 1.34. The lowest BCUT2D eigenvalue weighted by Crippen LogP contribution is -2.41. The number of aliphatic hydroxyl groups excluding tert-OH is 1. The van der Waals surface area contributed by atoms with Crippen LogP contribution in [0.4, 0.5) is 0 Å². The van der Waals surface area contributed by atoms with E-state index in [9.17, 15) is 0 Å². The van der Waals surface area contributed by atoms with Gasteiger partial charge in [0, 0.05) is 13.1 Å². The van der Waals surface area contributed by atoms with E-state index in [1.807, 2.05) is 12.1 Å². The lowest BCUT2D eigenvalue weighted by atomic mass is 10.1. The van der Waals surface area contributed by atoms with E-state index in [0.717, 1.165) is 0 Å². The Hall–Kier alpha value is -1.10. The van der Waals surface area contributed by atoms with Crippen molar-refractivity contribution in [3.8, 4) is 12.1 Å². The molecule has 4 heteroatoms. The Bertz CT molecular complexity index is 205. The predicted octanol–water partition coefficient (Wildman–Crippen LogP) is -0.141. The van der Waals surface area contributed by atoms with E-state index in [-0.39, 0.29) is 6.10 Å². The summed E-state index contributed by atoms with van der Waals surface area (Å²) in [4.78, 5) is 1.80. The lowest BCUT2D eigenvalue weighted by Gasteiger charge is -2.29. The van der Waals surface area contributed by atoms with Crippen LogP contribution in [-0.2, 0) is 0 Å². The van der Waals surface area contributed by atoms with Gasteiger partial charge in [-0.05, 0) is 12.8 Å². The number of aliphatic hydroxyl groups is 1. The molecule has 64 valence electrons. The van der Waals surface area contributed by atoms with Gasteiger partial charge >= 0.3 is 0 Å². The minimum Gasteiger partial charge on any atom is -0.393 e. The van der Waals surface area contributed by atoms with Crippen molar-refractivity contribution >= 4 is 0 Å². The van der Waals surface area contributed by atoms with E-state index in [4.69, 9.17) is 15.6 Å². The molecule has 0 spiro atoms. The number of hydrogen-bond acceptors (Lipinski definition) is 4. The Morgan fingerprint density at radius 3 is 2.17 bits per heavy atom. The van der Waals surface area contributed by atoms with E-state index in [1.165, 1.54) is 0 Å². The highest BCUT2D eigenvalue weighted by molar-refractivity contribution is 5.07. The second-order valence-corrected chi connectivity index (χ2v) is 2.93. The number of nitriles is 2. The number of nitrogens with zero attached hydrogens (tertiary/aromatic N) is 3. The van der Waals surface area contributed by atoms with Crippen LogP contribution in [0.2, 0.25) is 0 Å². The zero-order valence-electron chi connectivity index (χ0n) is 6.77. The lowest BCUT2D eigenvalue weighted by molar-refractivity contribution is 0.0801. The van der Waals surface area contributed by atoms with Crippen LogP contribution in [0.25, 0.3) is 0 Å². The first-order chi connectivity index (χ1) is 5.77. The zero-order valence-corrected chi connectivity index (χ0v) is 6.77. The van der Waals surface area contributed by atoms with Crippen LogP contribution in [0.3, 0.4) is 0 Å². The minimum atomic E-state index is -0.641. The van der Waals surface area contributed by atoms with Crippen LogP contribution in [0.1, 0.15) is 12.8 Å². The van der Waals surface area contributed by atoms with Gasteiger partial charge in [0.25, 0.3) is 0 Å². The topological polar surface area (TPSA) is 71.0 Å². The van der Waals surface area contributed by atoms with Crippen molar-refractivity contribution < 1.29 is 5.11 Å². The second-order valence-electron chi connectivity index (χ2n) is 2.93. The van der Waals surface area contributed by atoms with Gasteiger partial charge < -0.3 is 5.11 Å². The van der Waals surface area contributed by atoms with Crippen molar-refractivity contribution in [3.05, 3.63) is 0 Å². The van der Waals surface area contributed by atoms with Gasteiger partial charge in [-0.1, -0.05) is 0 Å². The summed E-state index contributed by atoms with van der Waals surface area (Å²) in [6.45, 7) is 1.29. The van der Waals surface area contributed by atoms with E-state index in [2.05, 4.69) is 0 Å². The molecule has 12 heavy (non-hydrogen) atoms. The molecule has 1 N–H and O–H groups in total. The molecule has 0 unspecified atom stereocenters. The maximum Gasteiger partial charge on any atom is 0.186 e. The third-order valence-electron chi connectivity index (χ3n) is 2.11. The molecule has 0 aliphatic carbocycles. The molecular weight excluding hydrogens is 154 g/mol. The summed E-state index contributed by atoms with van der Waals surface area (Å²) < 4.78 is 0. The largest absolute Gasteiger partial charge is 0.393 e. The highest BCUT2D eigenvalue weighted by Gasteiger charge is 2.23. The Morgan fingerprint density at radius 1 is 1.25 bits per heavy atom. The third-order valence-corrected chi connectivity index (χ3v) is 2.11. The minimum absolute atomic E-state index is 0.251. The van der Waals surface area contributed by atoms with Gasteiger partial charge in [0.1, 0.15) is 0 Å². The highest BCUT2D eigenvalue weighted by Crippen LogP contribution is 2.11. The van der Waals surface area contributed by atoms with E-state index >= 15 is 0 Å². The molecule has 0 aromatic heterocycles. The molecule has 4 nitrogen and oxygen atoms in total. The van der Waals surface area contributed by atoms with Gasteiger partial charge in [0.15, 0.2) is 6.04 Å². The third kappa shape index (κ3) is 1.94. The van der Waals surface area contributed by atoms with Crippen molar-refractivity contribution in [2.75, 3.05) is 13.1 Å². The number of piperidine rings is 1. The van der Waals surface area contributed by atoms with Crippen LogP contribution >= 0.6 is 0 Å². The molecule has 0 atom stereocenters. The Balaban J connectivity index is 2.45. The van der Waals surface area contributed by atoms with E-state index in [0.29, 0.717) is 25.9 Å². The average molecular weight is 165 g/mol. The maximum absolute atomic E-state index is 9.16. The Kier molecular flexibility index (Phi) is 3.04. The van der Waals surface area contributed by atoms with Gasteiger partial charge in [0.05, 0.1) is 18.2 Å². The Labute approximate surface area is 71.6 Å². The molecule has 0 aromatic rings. The molecule has 0 amide bonds. The first-order valence-electron chi connectivity index (χ1n) is 3.99. The summed E-state index contributed by atoms with van der Waals surface area (Å²) in [5, 5.41) is 26.3. The first kappa shape index (κ1) is 8.99. The Morgan fingerprint density at radius 2 is 1.75 bits per heavy atom. The van der Waals surface area contributed by atoms with Gasteiger partial charge in [-0.15, -0.1) is 0 Å². The molecule has 0 radical (unpaired) electrons. The molecule has 1 saturated heterocycles. The van der Waals surface area contributed by atoms with Crippen LogP contribution in [0.15, 0.2) is 0 Å². The standard InChI is InChI=1S/C8H11N3O/c9-5-7(6-10)11-3-1-8(12)2-4-11/h7-8,12H,1-4H2. The smallest absolute Gasteiger partial charge is 0.186 e. The van der Waals surface area contributed by atoms with Gasteiger partial charge in [-0.25, -0.2) is 0 Å². The van der Waals surface area contributed by atoms with Crippen molar-refractivity contribution in [1.82, 2.24) is 4.90 Å². The molecule has 1 aliphatic rings. The quantitative estimate of drug-likeness (QED) is 0.587. The summed E-state index contributed by atoms with van der Waals surface area (Å²) in [5.41, 5.74) is 0. The summed E-state index contributed by atoms with van der Waals surface area (Å²) in [6, 6.07) is 3.20. The fraction of sp³-hybridized carbons (Fsp3) is 0.750. The number of likely N-dealkylation sites (tertiary alicyclic amines) is 1. The molecule has 0 saturated carbocycles. The van der Waals surface area contributed by atoms with Gasteiger partial charge in [0.2, 0.25) is 0 Å². The van der Waals surface area contributed by atoms with Crippen LogP contribution in [0, 0.1) is 22.7 Å². The van der Waals surface area contributed by atoms with Crippen molar-refractivity contribution in [2.45, 2.75) is 25.0 Å². The molecule has 1 heterocycles. The first-order valence-corrected chi connectivity index (χ1v) is 3.99. The van der Waals surface area contributed by atoms with E-state index in [1.54, 1.807) is 4.90 Å². The van der Waals surface area contributed by atoms with Crippen LogP contribution < -0.4 is 0 Å². The van der Waals surface area contributed by atoms with Crippen molar-refractivity contribution in [1.29, 1.82) is 10.5 Å². The maximum atomic E-state index is 9.16. The normalized spacial score (nSPS) is 20.3.